The van der Waals surface area contributed by atoms with Crippen molar-refractivity contribution in [3.05, 3.63) is 93.2 Å². The molecule has 1 aromatic heterocycles. The summed E-state index contributed by atoms with van der Waals surface area (Å²) in [5.41, 5.74) is 4.93. The molecule has 0 saturated carbocycles. The number of nitrogens with zero attached hydrogens (tertiary/aromatic N) is 3. The van der Waals surface area contributed by atoms with E-state index in [1.165, 1.54) is 0 Å². The predicted octanol–water partition coefficient (Wildman–Crippen LogP) is 6.42. The average Bonchev–Trinajstić information content (AvgIpc) is 3.19. The van der Waals surface area contributed by atoms with Crippen LogP contribution in [0, 0.1) is 20.8 Å². The quantitative estimate of drug-likeness (QED) is 0.390. The van der Waals surface area contributed by atoms with E-state index >= 15 is 0 Å². The average molecular weight is 451 g/mol. The number of carbonyl (C=O) groups excluding carboxylic acids is 1. The Hall–Kier alpha value is -3.15. The van der Waals surface area contributed by atoms with Gasteiger partial charge in [-0.05, 0) is 62.2 Å². The van der Waals surface area contributed by atoms with Crippen LogP contribution >= 0.6 is 23.2 Å². The molecular weight excluding hydrogens is 431 g/mol. The second kappa shape index (κ2) is 8.53. The molecule has 0 aliphatic heterocycles. The van der Waals surface area contributed by atoms with E-state index in [0.717, 1.165) is 27.9 Å². The molecule has 3 aromatic carbocycles. The topological polar surface area (TPSA) is 59.8 Å². The molecule has 4 aromatic rings. The lowest BCUT2D eigenvalue weighted by Crippen LogP contribution is -2.15. The van der Waals surface area contributed by atoms with Crippen molar-refractivity contribution in [3.63, 3.8) is 0 Å². The first kappa shape index (κ1) is 21.1. The molecule has 4 rings (SSSR count). The molecule has 7 heteroatoms. The standard InChI is InChI=1S/C24H20Cl2N4O/c1-14-7-4-8-17(13-14)23-28-22(24(31)27-20-11-5-9-18(25)15(20)2)29-30(23)21-12-6-10-19(26)16(21)3/h4-13H,1-3H3,(H,27,31). The summed E-state index contributed by atoms with van der Waals surface area (Å²) in [6.45, 7) is 5.76. The molecular formula is C24H20Cl2N4O. The summed E-state index contributed by atoms with van der Waals surface area (Å²) in [6, 6.07) is 18.8. The molecule has 0 spiro atoms. The molecule has 1 heterocycles. The van der Waals surface area contributed by atoms with Gasteiger partial charge in [0.1, 0.15) is 0 Å². The minimum Gasteiger partial charge on any atom is -0.319 e. The monoisotopic (exact) mass is 450 g/mol. The lowest BCUT2D eigenvalue weighted by Gasteiger charge is -2.10. The van der Waals surface area contributed by atoms with E-state index in [2.05, 4.69) is 15.4 Å². The molecule has 0 atom stereocenters. The van der Waals surface area contributed by atoms with Crippen LogP contribution in [0.2, 0.25) is 10.0 Å². The number of carbonyl (C=O) groups is 1. The summed E-state index contributed by atoms with van der Waals surface area (Å²) in [6.07, 6.45) is 0. The van der Waals surface area contributed by atoms with Crippen molar-refractivity contribution < 1.29 is 4.79 Å². The van der Waals surface area contributed by atoms with Crippen molar-refractivity contribution in [2.75, 3.05) is 5.32 Å². The first-order chi connectivity index (χ1) is 14.8. The highest BCUT2D eigenvalue weighted by Gasteiger charge is 2.21. The fourth-order valence-corrected chi connectivity index (χ4v) is 3.64. The summed E-state index contributed by atoms with van der Waals surface area (Å²) in [7, 11) is 0. The van der Waals surface area contributed by atoms with E-state index in [4.69, 9.17) is 23.2 Å². The van der Waals surface area contributed by atoms with Gasteiger partial charge in [-0.15, -0.1) is 5.10 Å². The summed E-state index contributed by atoms with van der Waals surface area (Å²) >= 11 is 12.5. The molecule has 0 unspecified atom stereocenters. The van der Waals surface area contributed by atoms with Crippen LogP contribution in [-0.2, 0) is 0 Å². The third-order valence-corrected chi connectivity index (χ3v) is 5.89. The van der Waals surface area contributed by atoms with E-state index in [0.29, 0.717) is 21.6 Å². The molecule has 1 N–H and O–H groups in total. The van der Waals surface area contributed by atoms with E-state index < -0.39 is 5.91 Å². The number of aromatic nitrogens is 3. The molecule has 31 heavy (non-hydrogen) atoms. The molecule has 0 radical (unpaired) electrons. The number of rotatable bonds is 4. The molecule has 0 bridgehead atoms. The SMILES string of the molecule is Cc1cccc(-c2nc(C(=O)Nc3cccc(Cl)c3C)nn2-c2cccc(Cl)c2C)c1. The molecule has 156 valence electrons. The number of anilines is 1. The Morgan fingerprint density at radius 3 is 2.32 bits per heavy atom. The van der Waals surface area contributed by atoms with Crippen LogP contribution in [0.4, 0.5) is 5.69 Å². The van der Waals surface area contributed by atoms with Crippen LogP contribution in [0.1, 0.15) is 27.3 Å². The van der Waals surface area contributed by atoms with Crippen LogP contribution < -0.4 is 5.32 Å². The molecule has 5 nitrogen and oxygen atoms in total. The van der Waals surface area contributed by atoms with Gasteiger partial charge in [-0.25, -0.2) is 9.67 Å². The molecule has 1 amide bonds. The van der Waals surface area contributed by atoms with Gasteiger partial charge in [-0.1, -0.05) is 59.1 Å². The van der Waals surface area contributed by atoms with Gasteiger partial charge in [-0.2, -0.15) is 0 Å². The summed E-state index contributed by atoms with van der Waals surface area (Å²) in [5.74, 6) is 0.190. The Morgan fingerprint density at radius 1 is 0.903 bits per heavy atom. The maximum Gasteiger partial charge on any atom is 0.295 e. The lowest BCUT2D eigenvalue weighted by atomic mass is 10.1. The van der Waals surface area contributed by atoms with Gasteiger partial charge >= 0.3 is 0 Å². The predicted molar refractivity (Wildman–Crippen MR) is 125 cm³/mol. The molecule has 0 fully saturated rings. The fourth-order valence-electron chi connectivity index (χ4n) is 3.29. The number of aryl methyl sites for hydroxylation is 1. The van der Waals surface area contributed by atoms with Crippen molar-refractivity contribution in [1.82, 2.24) is 14.8 Å². The van der Waals surface area contributed by atoms with Gasteiger partial charge in [0.2, 0.25) is 5.82 Å². The highest BCUT2D eigenvalue weighted by Crippen LogP contribution is 2.28. The van der Waals surface area contributed by atoms with E-state index in [1.54, 1.807) is 22.9 Å². The van der Waals surface area contributed by atoms with Gasteiger partial charge in [0.05, 0.1) is 5.69 Å². The van der Waals surface area contributed by atoms with Crippen LogP contribution in [0.3, 0.4) is 0 Å². The van der Waals surface area contributed by atoms with Crippen LogP contribution in [0.5, 0.6) is 0 Å². The summed E-state index contributed by atoms with van der Waals surface area (Å²) in [5, 5.41) is 8.59. The number of halogens is 2. The fraction of sp³-hybridized carbons (Fsp3) is 0.125. The highest BCUT2D eigenvalue weighted by molar-refractivity contribution is 6.32. The van der Waals surface area contributed by atoms with Crippen molar-refractivity contribution >= 4 is 34.8 Å². The Balaban J connectivity index is 1.82. The van der Waals surface area contributed by atoms with Gasteiger partial charge in [0.15, 0.2) is 5.82 Å². The number of hydrogen-bond donors (Lipinski definition) is 1. The Kier molecular flexibility index (Phi) is 5.81. The maximum atomic E-state index is 13.0. The minimum atomic E-state index is -0.419. The van der Waals surface area contributed by atoms with Gasteiger partial charge < -0.3 is 5.32 Å². The van der Waals surface area contributed by atoms with Gasteiger partial charge in [0, 0.05) is 21.3 Å². The number of benzene rings is 3. The summed E-state index contributed by atoms with van der Waals surface area (Å²) < 4.78 is 1.66. The Bertz CT molecular complexity index is 1300. The lowest BCUT2D eigenvalue weighted by molar-refractivity contribution is 0.101. The zero-order valence-electron chi connectivity index (χ0n) is 17.3. The third-order valence-electron chi connectivity index (χ3n) is 5.07. The number of amides is 1. The molecule has 0 aliphatic rings. The van der Waals surface area contributed by atoms with E-state index in [1.807, 2.05) is 63.2 Å². The Labute approximate surface area is 190 Å². The van der Waals surface area contributed by atoms with E-state index in [9.17, 15) is 4.79 Å². The first-order valence-corrected chi connectivity index (χ1v) is 10.5. The highest BCUT2D eigenvalue weighted by atomic mass is 35.5. The van der Waals surface area contributed by atoms with Crippen LogP contribution in [-0.4, -0.2) is 20.7 Å². The maximum absolute atomic E-state index is 13.0. The Morgan fingerprint density at radius 2 is 1.58 bits per heavy atom. The molecule has 0 saturated heterocycles. The molecule has 0 aliphatic carbocycles. The van der Waals surface area contributed by atoms with Crippen LogP contribution in [0.15, 0.2) is 60.7 Å². The van der Waals surface area contributed by atoms with Crippen molar-refractivity contribution in [3.8, 4) is 17.1 Å². The van der Waals surface area contributed by atoms with Crippen molar-refractivity contribution in [1.29, 1.82) is 0 Å². The number of nitrogens with one attached hydrogen (secondary N) is 1. The zero-order chi connectivity index (χ0) is 22.1. The van der Waals surface area contributed by atoms with E-state index in [-0.39, 0.29) is 5.82 Å². The number of hydrogen-bond acceptors (Lipinski definition) is 3. The zero-order valence-corrected chi connectivity index (χ0v) is 18.8. The smallest absolute Gasteiger partial charge is 0.295 e. The second-order valence-corrected chi connectivity index (χ2v) is 8.11. The van der Waals surface area contributed by atoms with Crippen LogP contribution in [0.25, 0.3) is 17.1 Å². The summed E-state index contributed by atoms with van der Waals surface area (Å²) in [4.78, 5) is 17.6. The van der Waals surface area contributed by atoms with Crippen molar-refractivity contribution in [2.45, 2.75) is 20.8 Å². The van der Waals surface area contributed by atoms with Gasteiger partial charge in [0.25, 0.3) is 5.91 Å². The normalized spacial score (nSPS) is 10.9. The van der Waals surface area contributed by atoms with Crippen molar-refractivity contribution in [2.24, 2.45) is 0 Å². The second-order valence-electron chi connectivity index (χ2n) is 7.29. The largest absolute Gasteiger partial charge is 0.319 e. The first-order valence-electron chi connectivity index (χ1n) is 9.71. The third kappa shape index (κ3) is 4.20. The van der Waals surface area contributed by atoms with Gasteiger partial charge in [-0.3, -0.25) is 4.79 Å². The minimum absolute atomic E-state index is 0.0512.